The van der Waals surface area contributed by atoms with Crippen LogP contribution in [0.1, 0.15) is 5.56 Å². The van der Waals surface area contributed by atoms with E-state index in [4.69, 9.17) is 11.6 Å². The van der Waals surface area contributed by atoms with Crippen LogP contribution in [0.4, 0.5) is 0 Å². The Hall–Kier alpha value is -0.610. The molecule has 2 rings (SSSR count). The van der Waals surface area contributed by atoms with Crippen molar-refractivity contribution in [1.29, 1.82) is 0 Å². The van der Waals surface area contributed by atoms with Gasteiger partial charge in [0.1, 0.15) is 0 Å². The zero-order valence-corrected chi connectivity index (χ0v) is 11.8. The number of hydrogen-bond donors (Lipinski definition) is 1. The molecular formula is C14H22ClN3. The summed E-state index contributed by atoms with van der Waals surface area (Å²) >= 11 is 5.88. The van der Waals surface area contributed by atoms with Gasteiger partial charge >= 0.3 is 0 Å². The average Bonchev–Trinajstić information content (AvgIpc) is 2.40. The van der Waals surface area contributed by atoms with Crippen molar-refractivity contribution < 1.29 is 0 Å². The van der Waals surface area contributed by atoms with Crippen LogP contribution in [0.15, 0.2) is 24.3 Å². The molecule has 1 heterocycles. The summed E-state index contributed by atoms with van der Waals surface area (Å²) < 4.78 is 0. The van der Waals surface area contributed by atoms with Gasteiger partial charge < -0.3 is 10.2 Å². The zero-order valence-electron chi connectivity index (χ0n) is 11.0. The monoisotopic (exact) mass is 267 g/mol. The second-order valence-electron chi connectivity index (χ2n) is 4.96. The van der Waals surface area contributed by atoms with Gasteiger partial charge in [0.05, 0.1) is 0 Å². The summed E-state index contributed by atoms with van der Waals surface area (Å²) in [5.41, 5.74) is 1.32. The van der Waals surface area contributed by atoms with E-state index in [-0.39, 0.29) is 0 Å². The number of rotatable bonds is 5. The molecule has 1 N–H and O–H groups in total. The van der Waals surface area contributed by atoms with Crippen molar-refractivity contribution in [1.82, 2.24) is 15.1 Å². The van der Waals surface area contributed by atoms with Crippen molar-refractivity contribution in [3.8, 4) is 0 Å². The second-order valence-corrected chi connectivity index (χ2v) is 5.39. The standard InChI is InChI=1S/C14H22ClN3/c1-17(10-11-18-8-6-16-7-9-18)12-13-2-4-14(15)5-3-13/h2-5,16H,6-12H2,1H3. The Morgan fingerprint density at radius 3 is 2.56 bits per heavy atom. The number of piperazine rings is 1. The lowest BCUT2D eigenvalue weighted by Gasteiger charge is -2.29. The van der Waals surface area contributed by atoms with E-state index in [0.717, 1.165) is 37.7 Å². The summed E-state index contributed by atoms with van der Waals surface area (Å²) in [6.07, 6.45) is 0. The molecular weight excluding hydrogens is 246 g/mol. The third-order valence-corrected chi connectivity index (χ3v) is 3.63. The van der Waals surface area contributed by atoms with Crippen LogP contribution < -0.4 is 5.32 Å². The highest BCUT2D eigenvalue weighted by Crippen LogP contribution is 2.10. The maximum atomic E-state index is 5.88. The van der Waals surface area contributed by atoms with Crippen LogP contribution in [0.5, 0.6) is 0 Å². The fraction of sp³-hybridized carbons (Fsp3) is 0.571. The molecule has 0 saturated carbocycles. The Morgan fingerprint density at radius 2 is 1.89 bits per heavy atom. The molecule has 3 nitrogen and oxygen atoms in total. The SMILES string of the molecule is CN(CCN1CCNCC1)Cc1ccc(Cl)cc1. The van der Waals surface area contributed by atoms with Gasteiger partial charge in [-0.2, -0.15) is 0 Å². The first-order valence-corrected chi connectivity index (χ1v) is 6.98. The van der Waals surface area contributed by atoms with Crippen LogP contribution in [0, 0.1) is 0 Å². The van der Waals surface area contributed by atoms with Crippen molar-refractivity contribution in [2.24, 2.45) is 0 Å². The van der Waals surface area contributed by atoms with E-state index >= 15 is 0 Å². The smallest absolute Gasteiger partial charge is 0.0406 e. The van der Waals surface area contributed by atoms with Gasteiger partial charge in [-0.1, -0.05) is 23.7 Å². The zero-order chi connectivity index (χ0) is 12.8. The lowest BCUT2D eigenvalue weighted by molar-refractivity contribution is 0.202. The van der Waals surface area contributed by atoms with E-state index in [0.29, 0.717) is 0 Å². The third-order valence-electron chi connectivity index (χ3n) is 3.37. The van der Waals surface area contributed by atoms with Gasteiger partial charge in [0, 0.05) is 50.8 Å². The molecule has 0 aliphatic carbocycles. The van der Waals surface area contributed by atoms with E-state index in [1.165, 1.54) is 18.7 Å². The quantitative estimate of drug-likeness (QED) is 0.876. The first-order valence-electron chi connectivity index (χ1n) is 6.60. The van der Waals surface area contributed by atoms with Crippen molar-refractivity contribution in [3.05, 3.63) is 34.9 Å². The fourth-order valence-electron chi connectivity index (χ4n) is 2.23. The molecule has 1 aromatic rings. The van der Waals surface area contributed by atoms with Crippen molar-refractivity contribution in [2.75, 3.05) is 46.3 Å². The van der Waals surface area contributed by atoms with Crippen LogP contribution in [-0.2, 0) is 6.54 Å². The van der Waals surface area contributed by atoms with Crippen molar-refractivity contribution >= 4 is 11.6 Å². The molecule has 1 saturated heterocycles. The maximum absolute atomic E-state index is 5.88. The number of halogens is 1. The topological polar surface area (TPSA) is 18.5 Å². The minimum atomic E-state index is 0.808. The molecule has 4 heteroatoms. The Balaban J connectivity index is 1.71. The van der Waals surface area contributed by atoms with E-state index in [1.807, 2.05) is 12.1 Å². The average molecular weight is 268 g/mol. The predicted octanol–water partition coefficient (Wildman–Crippen LogP) is 1.68. The van der Waals surface area contributed by atoms with Crippen LogP contribution in [0.2, 0.25) is 5.02 Å². The van der Waals surface area contributed by atoms with Crippen LogP contribution >= 0.6 is 11.6 Å². The molecule has 1 aliphatic heterocycles. The third kappa shape index (κ3) is 4.58. The number of likely N-dealkylation sites (N-methyl/N-ethyl adjacent to an activating group) is 1. The molecule has 1 aromatic carbocycles. The number of nitrogens with one attached hydrogen (secondary N) is 1. The largest absolute Gasteiger partial charge is 0.314 e. The van der Waals surface area contributed by atoms with Gasteiger partial charge in [0.2, 0.25) is 0 Å². The van der Waals surface area contributed by atoms with Crippen LogP contribution in [0.3, 0.4) is 0 Å². The van der Waals surface area contributed by atoms with E-state index in [2.05, 4.69) is 34.3 Å². The number of benzene rings is 1. The summed E-state index contributed by atoms with van der Waals surface area (Å²) in [5.74, 6) is 0. The molecule has 1 fully saturated rings. The Kier molecular flexibility index (Phi) is 5.45. The Bertz CT molecular complexity index is 347. The Labute approximate surface area is 115 Å². The molecule has 0 atom stereocenters. The van der Waals surface area contributed by atoms with Gasteiger partial charge in [0.15, 0.2) is 0 Å². The lowest BCUT2D eigenvalue weighted by atomic mass is 10.2. The van der Waals surface area contributed by atoms with Gasteiger partial charge in [-0.05, 0) is 24.7 Å². The number of hydrogen-bond acceptors (Lipinski definition) is 3. The summed E-state index contributed by atoms with van der Waals surface area (Å²) in [7, 11) is 2.18. The normalized spacial score (nSPS) is 17.3. The fourth-order valence-corrected chi connectivity index (χ4v) is 2.35. The van der Waals surface area contributed by atoms with E-state index in [9.17, 15) is 0 Å². The molecule has 100 valence electrons. The van der Waals surface area contributed by atoms with Crippen LogP contribution in [0.25, 0.3) is 0 Å². The minimum Gasteiger partial charge on any atom is -0.314 e. The van der Waals surface area contributed by atoms with E-state index in [1.54, 1.807) is 0 Å². The molecule has 0 unspecified atom stereocenters. The van der Waals surface area contributed by atoms with Crippen LogP contribution in [-0.4, -0.2) is 56.1 Å². The molecule has 0 spiro atoms. The number of nitrogens with zero attached hydrogens (tertiary/aromatic N) is 2. The van der Waals surface area contributed by atoms with Crippen molar-refractivity contribution in [3.63, 3.8) is 0 Å². The summed E-state index contributed by atoms with van der Waals surface area (Å²) in [4.78, 5) is 4.89. The second kappa shape index (κ2) is 7.10. The molecule has 0 bridgehead atoms. The molecule has 0 radical (unpaired) electrons. The first kappa shape index (κ1) is 13.8. The summed E-state index contributed by atoms with van der Waals surface area (Å²) in [6.45, 7) is 7.86. The molecule has 1 aliphatic rings. The molecule has 18 heavy (non-hydrogen) atoms. The molecule has 0 aromatic heterocycles. The minimum absolute atomic E-state index is 0.808. The van der Waals surface area contributed by atoms with Gasteiger partial charge in [-0.15, -0.1) is 0 Å². The van der Waals surface area contributed by atoms with Gasteiger partial charge in [-0.25, -0.2) is 0 Å². The van der Waals surface area contributed by atoms with Gasteiger partial charge in [0.25, 0.3) is 0 Å². The first-order chi connectivity index (χ1) is 8.74. The lowest BCUT2D eigenvalue weighted by Crippen LogP contribution is -2.45. The van der Waals surface area contributed by atoms with E-state index < -0.39 is 0 Å². The highest BCUT2D eigenvalue weighted by atomic mass is 35.5. The maximum Gasteiger partial charge on any atom is 0.0406 e. The highest BCUT2D eigenvalue weighted by molar-refractivity contribution is 6.30. The predicted molar refractivity (Wildman–Crippen MR) is 77.1 cm³/mol. The molecule has 0 amide bonds. The summed E-state index contributed by atoms with van der Waals surface area (Å²) in [6, 6.07) is 8.12. The Morgan fingerprint density at radius 1 is 1.22 bits per heavy atom. The van der Waals surface area contributed by atoms with Gasteiger partial charge in [-0.3, -0.25) is 4.90 Å². The van der Waals surface area contributed by atoms with Crippen molar-refractivity contribution in [2.45, 2.75) is 6.54 Å². The summed E-state index contributed by atoms with van der Waals surface area (Å²) in [5, 5.41) is 4.19. The highest BCUT2D eigenvalue weighted by Gasteiger charge is 2.10.